The number of piperazine rings is 1. The summed E-state index contributed by atoms with van der Waals surface area (Å²) < 4.78 is 0. The average molecular weight is 282 g/mol. The standard InChI is InChI=1S/C14H26N4O2/c1-11(14(20)17-7-4-2-3-5-8-17)18-9-6-16-10-12(18)13(15)19/h11-12,16H,2-10H2,1H3,(H2,15,19). The summed E-state index contributed by atoms with van der Waals surface area (Å²) in [5.74, 6) is -0.215. The van der Waals surface area contributed by atoms with Crippen LogP contribution in [0.2, 0.25) is 0 Å². The smallest absolute Gasteiger partial charge is 0.239 e. The van der Waals surface area contributed by atoms with Crippen molar-refractivity contribution >= 4 is 11.8 Å². The van der Waals surface area contributed by atoms with Crippen LogP contribution < -0.4 is 11.1 Å². The number of rotatable bonds is 3. The molecule has 2 aliphatic heterocycles. The van der Waals surface area contributed by atoms with Crippen LogP contribution in [0.5, 0.6) is 0 Å². The fraction of sp³-hybridized carbons (Fsp3) is 0.857. The third-order valence-corrected chi connectivity index (χ3v) is 4.39. The fourth-order valence-electron chi connectivity index (χ4n) is 3.14. The van der Waals surface area contributed by atoms with Crippen molar-refractivity contribution in [2.24, 2.45) is 5.73 Å². The van der Waals surface area contributed by atoms with Gasteiger partial charge in [-0.25, -0.2) is 0 Å². The number of carbonyl (C=O) groups is 2. The Labute approximate surface area is 120 Å². The molecule has 2 saturated heterocycles. The Hall–Kier alpha value is -1.14. The number of nitrogens with zero attached hydrogens (tertiary/aromatic N) is 2. The highest BCUT2D eigenvalue weighted by molar-refractivity contribution is 5.84. The Morgan fingerprint density at radius 3 is 2.40 bits per heavy atom. The second-order valence-corrected chi connectivity index (χ2v) is 5.78. The first kappa shape index (κ1) is 15.3. The lowest BCUT2D eigenvalue weighted by atomic mass is 10.1. The topological polar surface area (TPSA) is 78.7 Å². The highest BCUT2D eigenvalue weighted by Crippen LogP contribution is 2.15. The van der Waals surface area contributed by atoms with E-state index in [0.29, 0.717) is 13.1 Å². The first-order chi connectivity index (χ1) is 9.61. The van der Waals surface area contributed by atoms with Gasteiger partial charge in [0.2, 0.25) is 11.8 Å². The molecular formula is C14H26N4O2. The second-order valence-electron chi connectivity index (χ2n) is 5.78. The summed E-state index contributed by atoms with van der Waals surface area (Å²) in [5, 5.41) is 3.16. The summed E-state index contributed by atoms with van der Waals surface area (Å²) in [5.41, 5.74) is 5.45. The van der Waals surface area contributed by atoms with E-state index in [0.717, 1.165) is 32.5 Å². The van der Waals surface area contributed by atoms with Crippen molar-refractivity contribution in [1.29, 1.82) is 0 Å². The Morgan fingerprint density at radius 1 is 1.15 bits per heavy atom. The SMILES string of the molecule is CC(C(=O)N1CCCCCC1)N1CCNCC1C(N)=O. The van der Waals surface area contributed by atoms with Gasteiger partial charge in [-0.1, -0.05) is 12.8 Å². The summed E-state index contributed by atoms with van der Waals surface area (Å²) in [4.78, 5) is 28.1. The van der Waals surface area contributed by atoms with Gasteiger partial charge in [-0.05, 0) is 19.8 Å². The summed E-state index contributed by atoms with van der Waals surface area (Å²) >= 11 is 0. The molecule has 2 amide bonds. The van der Waals surface area contributed by atoms with E-state index in [1.807, 2.05) is 16.7 Å². The van der Waals surface area contributed by atoms with Gasteiger partial charge in [0.1, 0.15) is 6.04 Å². The van der Waals surface area contributed by atoms with Gasteiger partial charge in [0.15, 0.2) is 0 Å². The van der Waals surface area contributed by atoms with E-state index in [1.54, 1.807) is 0 Å². The Morgan fingerprint density at radius 2 is 1.80 bits per heavy atom. The second kappa shape index (κ2) is 7.04. The number of hydrogen-bond donors (Lipinski definition) is 2. The predicted molar refractivity (Wildman–Crippen MR) is 77.1 cm³/mol. The van der Waals surface area contributed by atoms with Crippen LogP contribution in [0.3, 0.4) is 0 Å². The molecule has 0 bridgehead atoms. The summed E-state index contributed by atoms with van der Waals surface area (Å²) in [6, 6.07) is -0.651. The molecule has 0 aromatic carbocycles. The van der Waals surface area contributed by atoms with Crippen LogP contribution >= 0.6 is 0 Å². The zero-order valence-electron chi connectivity index (χ0n) is 12.3. The molecule has 0 aromatic rings. The van der Waals surface area contributed by atoms with E-state index in [1.165, 1.54) is 12.8 Å². The molecule has 0 radical (unpaired) electrons. The van der Waals surface area contributed by atoms with Gasteiger partial charge in [0.05, 0.1) is 6.04 Å². The minimum Gasteiger partial charge on any atom is -0.368 e. The van der Waals surface area contributed by atoms with E-state index in [2.05, 4.69) is 5.32 Å². The van der Waals surface area contributed by atoms with Crippen molar-refractivity contribution in [1.82, 2.24) is 15.1 Å². The molecule has 2 rings (SSSR count). The molecule has 0 aliphatic carbocycles. The van der Waals surface area contributed by atoms with Gasteiger partial charge in [0, 0.05) is 32.7 Å². The minimum absolute atomic E-state index is 0.139. The van der Waals surface area contributed by atoms with Crippen molar-refractivity contribution in [3.8, 4) is 0 Å². The number of likely N-dealkylation sites (tertiary alicyclic amines) is 1. The lowest BCUT2D eigenvalue weighted by molar-refractivity contribution is -0.139. The van der Waals surface area contributed by atoms with Crippen molar-refractivity contribution < 1.29 is 9.59 Å². The lowest BCUT2D eigenvalue weighted by Gasteiger charge is -2.39. The quantitative estimate of drug-likeness (QED) is 0.734. The van der Waals surface area contributed by atoms with Crippen LogP contribution in [0.1, 0.15) is 32.6 Å². The molecule has 20 heavy (non-hydrogen) atoms. The number of carbonyl (C=O) groups excluding carboxylic acids is 2. The van der Waals surface area contributed by atoms with Crippen LogP contribution in [0, 0.1) is 0 Å². The summed E-state index contributed by atoms with van der Waals surface area (Å²) in [7, 11) is 0. The molecule has 2 aliphatic rings. The summed E-state index contributed by atoms with van der Waals surface area (Å²) in [6.45, 7) is 5.60. The van der Waals surface area contributed by atoms with Crippen LogP contribution in [0.15, 0.2) is 0 Å². The zero-order valence-corrected chi connectivity index (χ0v) is 12.3. The highest BCUT2D eigenvalue weighted by Gasteiger charge is 2.35. The maximum Gasteiger partial charge on any atom is 0.239 e. The van der Waals surface area contributed by atoms with E-state index < -0.39 is 0 Å². The first-order valence-electron chi connectivity index (χ1n) is 7.66. The van der Waals surface area contributed by atoms with E-state index in [4.69, 9.17) is 5.73 Å². The average Bonchev–Trinajstić information content (AvgIpc) is 2.74. The van der Waals surface area contributed by atoms with E-state index >= 15 is 0 Å². The Balaban J connectivity index is 2.01. The first-order valence-corrected chi connectivity index (χ1v) is 7.66. The number of hydrogen-bond acceptors (Lipinski definition) is 4. The summed E-state index contributed by atoms with van der Waals surface area (Å²) in [6.07, 6.45) is 4.57. The number of amides is 2. The number of primary amides is 1. The van der Waals surface area contributed by atoms with Gasteiger partial charge in [-0.2, -0.15) is 0 Å². The molecule has 6 nitrogen and oxygen atoms in total. The molecule has 0 saturated carbocycles. The predicted octanol–water partition coefficient (Wildman–Crippen LogP) is -0.463. The molecule has 0 spiro atoms. The Bertz CT molecular complexity index is 353. The molecule has 0 aromatic heterocycles. The van der Waals surface area contributed by atoms with Gasteiger partial charge < -0.3 is 16.0 Å². The molecular weight excluding hydrogens is 256 g/mol. The van der Waals surface area contributed by atoms with Crippen LogP contribution in [0.4, 0.5) is 0 Å². The molecule has 3 N–H and O–H groups in total. The molecule has 2 atom stereocenters. The van der Waals surface area contributed by atoms with Crippen LogP contribution in [-0.2, 0) is 9.59 Å². The number of nitrogens with one attached hydrogen (secondary N) is 1. The molecule has 2 fully saturated rings. The van der Waals surface area contributed by atoms with Crippen molar-refractivity contribution in [2.45, 2.75) is 44.7 Å². The largest absolute Gasteiger partial charge is 0.368 e. The van der Waals surface area contributed by atoms with E-state index in [9.17, 15) is 9.59 Å². The molecule has 2 heterocycles. The zero-order chi connectivity index (χ0) is 14.5. The van der Waals surface area contributed by atoms with Crippen LogP contribution in [0.25, 0.3) is 0 Å². The van der Waals surface area contributed by atoms with Crippen molar-refractivity contribution in [3.63, 3.8) is 0 Å². The maximum atomic E-state index is 12.6. The van der Waals surface area contributed by atoms with E-state index in [-0.39, 0.29) is 23.9 Å². The lowest BCUT2D eigenvalue weighted by Crippen LogP contribution is -2.62. The van der Waals surface area contributed by atoms with Crippen molar-refractivity contribution in [2.75, 3.05) is 32.7 Å². The Kier molecular flexibility index (Phi) is 5.37. The molecule has 6 heteroatoms. The number of nitrogens with two attached hydrogens (primary N) is 1. The third kappa shape index (κ3) is 3.49. The van der Waals surface area contributed by atoms with Gasteiger partial charge >= 0.3 is 0 Å². The highest BCUT2D eigenvalue weighted by atomic mass is 16.2. The maximum absolute atomic E-state index is 12.6. The van der Waals surface area contributed by atoms with Gasteiger partial charge in [0.25, 0.3) is 0 Å². The van der Waals surface area contributed by atoms with Gasteiger partial charge in [-0.15, -0.1) is 0 Å². The monoisotopic (exact) mass is 282 g/mol. The molecule has 114 valence electrons. The van der Waals surface area contributed by atoms with Crippen LogP contribution in [-0.4, -0.2) is 66.4 Å². The van der Waals surface area contributed by atoms with Gasteiger partial charge in [-0.3, -0.25) is 14.5 Å². The fourth-order valence-corrected chi connectivity index (χ4v) is 3.14. The third-order valence-electron chi connectivity index (χ3n) is 4.39. The normalized spacial score (nSPS) is 26.9. The minimum atomic E-state index is -0.380. The van der Waals surface area contributed by atoms with Crippen molar-refractivity contribution in [3.05, 3.63) is 0 Å². The molecule has 2 unspecified atom stereocenters.